The van der Waals surface area contributed by atoms with Gasteiger partial charge in [-0.1, -0.05) is 13.0 Å². The number of benzene rings is 1. The first-order valence-corrected chi connectivity index (χ1v) is 9.10. The molecule has 4 heteroatoms. The number of carbonyl (C=O) groups is 1. The smallest absolute Gasteiger partial charge is 0.302 e. The lowest BCUT2D eigenvalue weighted by atomic mass is 9.62. The van der Waals surface area contributed by atoms with E-state index in [9.17, 15) is 4.79 Å². The molecule has 5 unspecified atom stereocenters. The van der Waals surface area contributed by atoms with Crippen LogP contribution in [0.25, 0.3) is 0 Å². The van der Waals surface area contributed by atoms with Crippen molar-refractivity contribution in [2.24, 2.45) is 17.3 Å². The molecular formula is C20H27NO3. The van der Waals surface area contributed by atoms with Crippen LogP contribution in [0.15, 0.2) is 18.2 Å². The molecule has 2 aliphatic carbocycles. The van der Waals surface area contributed by atoms with Gasteiger partial charge in [-0.25, -0.2) is 0 Å². The molecule has 1 aliphatic heterocycles. The van der Waals surface area contributed by atoms with Crippen LogP contribution in [-0.4, -0.2) is 25.7 Å². The molecule has 1 aromatic carbocycles. The van der Waals surface area contributed by atoms with Gasteiger partial charge in [0.25, 0.3) is 0 Å². The summed E-state index contributed by atoms with van der Waals surface area (Å²) in [6.07, 6.45) is 4.54. The van der Waals surface area contributed by atoms with Gasteiger partial charge >= 0.3 is 5.97 Å². The zero-order valence-electron chi connectivity index (χ0n) is 14.8. The van der Waals surface area contributed by atoms with E-state index in [4.69, 9.17) is 9.47 Å². The van der Waals surface area contributed by atoms with E-state index in [1.807, 2.05) is 0 Å². The van der Waals surface area contributed by atoms with Gasteiger partial charge in [0.2, 0.25) is 0 Å². The number of ether oxygens (including phenoxy) is 2. The highest BCUT2D eigenvalue weighted by atomic mass is 16.5. The van der Waals surface area contributed by atoms with Gasteiger partial charge in [-0.05, 0) is 60.8 Å². The summed E-state index contributed by atoms with van der Waals surface area (Å²) in [6, 6.07) is 6.93. The fourth-order valence-electron chi connectivity index (χ4n) is 5.54. The van der Waals surface area contributed by atoms with Crippen molar-refractivity contribution in [3.63, 3.8) is 0 Å². The van der Waals surface area contributed by atoms with Crippen molar-refractivity contribution in [2.75, 3.05) is 13.7 Å². The van der Waals surface area contributed by atoms with Crippen molar-refractivity contribution in [1.82, 2.24) is 5.32 Å². The lowest BCUT2D eigenvalue weighted by Gasteiger charge is -2.50. The summed E-state index contributed by atoms with van der Waals surface area (Å²) < 4.78 is 11.1. The molecule has 4 nitrogen and oxygen atoms in total. The Kier molecular flexibility index (Phi) is 3.83. The third kappa shape index (κ3) is 2.34. The summed E-state index contributed by atoms with van der Waals surface area (Å²) in [5, 5.41) is 3.80. The SMILES string of the molecule is COc1ccc2c(c1)CCC1C2NCC2(C)C(OC(C)=O)CCC12. The molecule has 5 atom stereocenters. The van der Waals surface area contributed by atoms with E-state index in [1.165, 1.54) is 30.9 Å². The molecule has 1 N–H and O–H groups in total. The standard InChI is InChI=1S/C20H27NO3/c1-12(22)24-18-9-8-17-16-6-4-13-10-14(23-3)5-7-15(13)19(16)21-11-20(17,18)2/h5,7,10,16-19,21H,4,6,8-9,11H2,1-3H3. The summed E-state index contributed by atoms with van der Waals surface area (Å²) in [5.41, 5.74) is 2.92. The topological polar surface area (TPSA) is 47.6 Å². The molecule has 4 rings (SSSR count). The summed E-state index contributed by atoms with van der Waals surface area (Å²) in [7, 11) is 1.73. The number of hydrogen-bond acceptors (Lipinski definition) is 4. The third-order valence-corrected chi connectivity index (χ3v) is 6.71. The molecular weight excluding hydrogens is 302 g/mol. The molecule has 1 saturated heterocycles. The molecule has 130 valence electrons. The molecule has 1 saturated carbocycles. The number of nitrogens with one attached hydrogen (secondary N) is 1. The molecule has 24 heavy (non-hydrogen) atoms. The Hall–Kier alpha value is -1.55. The number of fused-ring (bicyclic) bond motifs is 5. The average molecular weight is 329 g/mol. The van der Waals surface area contributed by atoms with Gasteiger partial charge < -0.3 is 14.8 Å². The Morgan fingerprint density at radius 2 is 2.12 bits per heavy atom. The maximum Gasteiger partial charge on any atom is 0.302 e. The number of carbonyl (C=O) groups excluding carboxylic acids is 1. The van der Waals surface area contributed by atoms with Gasteiger partial charge in [-0.15, -0.1) is 0 Å². The molecule has 1 aromatic rings. The van der Waals surface area contributed by atoms with Gasteiger partial charge in [0, 0.05) is 24.9 Å². The van der Waals surface area contributed by atoms with Crippen LogP contribution in [0.2, 0.25) is 0 Å². The number of aryl methyl sites for hydroxylation is 1. The van der Waals surface area contributed by atoms with Crippen LogP contribution in [0.1, 0.15) is 50.3 Å². The van der Waals surface area contributed by atoms with E-state index >= 15 is 0 Å². The van der Waals surface area contributed by atoms with E-state index in [2.05, 4.69) is 30.4 Å². The molecule has 1 heterocycles. The molecule has 2 fully saturated rings. The maximum absolute atomic E-state index is 11.5. The number of esters is 1. The molecule has 3 aliphatic rings. The molecule has 0 amide bonds. The van der Waals surface area contributed by atoms with Gasteiger partial charge in [0.15, 0.2) is 0 Å². The summed E-state index contributed by atoms with van der Waals surface area (Å²) in [5.74, 6) is 2.06. The predicted octanol–water partition coefficient (Wildman–Crippen LogP) is 3.25. The van der Waals surface area contributed by atoms with Crippen molar-refractivity contribution < 1.29 is 14.3 Å². The van der Waals surface area contributed by atoms with Crippen molar-refractivity contribution in [3.05, 3.63) is 29.3 Å². The van der Waals surface area contributed by atoms with Gasteiger partial charge in [0.1, 0.15) is 11.9 Å². The Morgan fingerprint density at radius 1 is 1.29 bits per heavy atom. The summed E-state index contributed by atoms with van der Waals surface area (Å²) in [6.45, 7) is 4.76. The summed E-state index contributed by atoms with van der Waals surface area (Å²) in [4.78, 5) is 11.5. The Bertz CT molecular complexity index is 658. The summed E-state index contributed by atoms with van der Waals surface area (Å²) >= 11 is 0. The second kappa shape index (κ2) is 5.76. The quantitative estimate of drug-likeness (QED) is 0.846. The van der Waals surface area contributed by atoms with E-state index < -0.39 is 0 Å². The van der Waals surface area contributed by atoms with Crippen LogP contribution in [0.3, 0.4) is 0 Å². The van der Waals surface area contributed by atoms with E-state index in [1.54, 1.807) is 7.11 Å². The van der Waals surface area contributed by atoms with E-state index in [0.717, 1.165) is 25.1 Å². The number of piperidine rings is 1. The van der Waals surface area contributed by atoms with Crippen molar-refractivity contribution in [2.45, 2.75) is 51.7 Å². The minimum Gasteiger partial charge on any atom is -0.497 e. The van der Waals surface area contributed by atoms with E-state index in [0.29, 0.717) is 17.9 Å². The van der Waals surface area contributed by atoms with Crippen molar-refractivity contribution >= 4 is 5.97 Å². The predicted molar refractivity (Wildman–Crippen MR) is 91.9 cm³/mol. The van der Waals surface area contributed by atoms with Crippen LogP contribution in [0.4, 0.5) is 0 Å². The van der Waals surface area contributed by atoms with Gasteiger partial charge in [-0.2, -0.15) is 0 Å². The van der Waals surface area contributed by atoms with Crippen LogP contribution in [-0.2, 0) is 16.0 Å². The highest BCUT2D eigenvalue weighted by molar-refractivity contribution is 5.66. The lowest BCUT2D eigenvalue weighted by Crippen LogP contribution is -2.54. The fraction of sp³-hybridized carbons (Fsp3) is 0.650. The molecule has 0 aromatic heterocycles. The zero-order chi connectivity index (χ0) is 16.9. The molecule has 0 spiro atoms. The first-order valence-electron chi connectivity index (χ1n) is 9.10. The largest absolute Gasteiger partial charge is 0.497 e. The number of rotatable bonds is 2. The normalized spacial score (nSPS) is 37.1. The van der Waals surface area contributed by atoms with Gasteiger partial charge in [-0.3, -0.25) is 4.79 Å². The van der Waals surface area contributed by atoms with Crippen LogP contribution in [0, 0.1) is 17.3 Å². The lowest BCUT2D eigenvalue weighted by molar-refractivity contribution is -0.154. The van der Waals surface area contributed by atoms with Crippen molar-refractivity contribution in [1.29, 1.82) is 0 Å². The minimum atomic E-state index is -0.148. The highest BCUT2D eigenvalue weighted by Crippen LogP contribution is 2.56. The number of methoxy groups -OCH3 is 1. The second-order valence-electron chi connectivity index (χ2n) is 7.91. The Labute approximate surface area is 143 Å². The zero-order valence-corrected chi connectivity index (χ0v) is 14.8. The van der Waals surface area contributed by atoms with Gasteiger partial charge in [0.05, 0.1) is 7.11 Å². The first kappa shape index (κ1) is 15.9. The Morgan fingerprint density at radius 3 is 2.88 bits per heavy atom. The van der Waals surface area contributed by atoms with Crippen molar-refractivity contribution in [3.8, 4) is 5.75 Å². The maximum atomic E-state index is 11.5. The average Bonchev–Trinajstić information content (AvgIpc) is 2.90. The minimum absolute atomic E-state index is 0.0608. The van der Waals surface area contributed by atoms with Crippen LogP contribution < -0.4 is 10.1 Å². The monoisotopic (exact) mass is 329 g/mol. The van der Waals surface area contributed by atoms with E-state index in [-0.39, 0.29) is 17.5 Å². The fourth-order valence-corrected chi connectivity index (χ4v) is 5.54. The van der Waals surface area contributed by atoms with Crippen LogP contribution in [0.5, 0.6) is 5.75 Å². The third-order valence-electron chi connectivity index (χ3n) is 6.71. The second-order valence-corrected chi connectivity index (χ2v) is 7.91. The first-order chi connectivity index (χ1) is 11.5. The Balaban J connectivity index is 1.62. The highest BCUT2D eigenvalue weighted by Gasteiger charge is 2.56. The number of hydrogen-bond donors (Lipinski definition) is 1. The molecule has 0 radical (unpaired) electrons. The molecule has 0 bridgehead atoms. The van der Waals surface area contributed by atoms with Crippen LogP contribution >= 0.6 is 0 Å².